The highest BCUT2D eigenvalue weighted by Gasteiger charge is 2.60. The number of benzene rings is 2. The molecule has 6 heteroatoms. The van der Waals surface area contributed by atoms with Gasteiger partial charge in [-0.1, -0.05) is 56.2 Å². The van der Waals surface area contributed by atoms with Gasteiger partial charge in [0.05, 0.1) is 11.4 Å². The maximum atomic E-state index is 13.4. The lowest BCUT2D eigenvalue weighted by atomic mass is 10.00. The predicted molar refractivity (Wildman–Crippen MR) is 103 cm³/mol. The second-order valence-corrected chi connectivity index (χ2v) is 7.11. The van der Waals surface area contributed by atoms with Crippen molar-refractivity contribution < 1.29 is 9.59 Å². The van der Waals surface area contributed by atoms with Crippen LogP contribution in [0.4, 0.5) is 11.4 Å². The molecule has 0 aliphatic carbocycles. The third kappa shape index (κ3) is 2.95. The molecule has 26 heavy (non-hydrogen) atoms. The summed E-state index contributed by atoms with van der Waals surface area (Å²) >= 11 is 0.762. The van der Waals surface area contributed by atoms with E-state index < -0.39 is 4.75 Å². The van der Waals surface area contributed by atoms with Crippen LogP contribution in [0.25, 0.3) is 0 Å². The van der Waals surface area contributed by atoms with Gasteiger partial charge < -0.3 is 0 Å². The number of hydrazine groups is 1. The molecule has 2 aromatic carbocycles. The third-order valence-electron chi connectivity index (χ3n) is 4.38. The monoisotopic (exact) mass is 365 g/mol. The topological polar surface area (TPSA) is 64.4 Å². The van der Waals surface area contributed by atoms with Gasteiger partial charge in [0.15, 0.2) is 4.75 Å². The molecule has 1 aliphatic rings. The number of amides is 2. The number of hydrogen-bond acceptors (Lipinski definition) is 4. The van der Waals surface area contributed by atoms with Crippen LogP contribution in [-0.2, 0) is 9.59 Å². The maximum absolute atomic E-state index is 13.4. The summed E-state index contributed by atoms with van der Waals surface area (Å²) in [6.45, 7) is 2.00. The van der Waals surface area contributed by atoms with E-state index in [1.807, 2.05) is 48.7 Å². The third-order valence-corrected chi connectivity index (χ3v) is 5.37. The molecule has 2 aromatic rings. The first-order chi connectivity index (χ1) is 12.7. The Hall–Kier alpha value is -2.78. The van der Waals surface area contributed by atoms with Crippen molar-refractivity contribution in [3.63, 3.8) is 0 Å². The lowest BCUT2D eigenvalue weighted by Gasteiger charge is -2.27. The van der Waals surface area contributed by atoms with Gasteiger partial charge in [-0.15, -0.1) is 0 Å². The summed E-state index contributed by atoms with van der Waals surface area (Å²) in [5.74, 6) is -0.727. The highest BCUT2D eigenvalue weighted by molar-refractivity contribution is 8.06. The van der Waals surface area contributed by atoms with Crippen LogP contribution in [0.15, 0.2) is 60.7 Å². The Balaban J connectivity index is 2.15. The number of carbonyl (C=O) groups is 2. The predicted octanol–water partition coefficient (Wildman–Crippen LogP) is 4.12. The van der Waals surface area contributed by atoms with Crippen molar-refractivity contribution in [3.8, 4) is 5.40 Å². The van der Waals surface area contributed by atoms with Crippen LogP contribution < -0.4 is 10.0 Å². The number of unbranched alkanes of at least 4 members (excludes halogenated alkanes) is 1. The van der Waals surface area contributed by atoms with Gasteiger partial charge in [0.25, 0.3) is 11.8 Å². The van der Waals surface area contributed by atoms with Gasteiger partial charge in [0, 0.05) is 0 Å². The van der Waals surface area contributed by atoms with Crippen molar-refractivity contribution in [1.29, 1.82) is 5.26 Å². The molecular weight excluding hydrogens is 346 g/mol. The second-order valence-electron chi connectivity index (χ2n) is 6.03. The van der Waals surface area contributed by atoms with E-state index in [1.165, 1.54) is 10.0 Å². The molecule has 1 heterocycles. The Morgan fingerprint density at radius 3 is 1.77 bits per heavy atom. The number of rotatable bonds is 6. The molecule has 1 saturated heterocycles. The number of carbonyl (C=O) groups excluding carboxylic acids is 2. The molecular formula is C20H19N3O2S. The average molecular weight is 365 g/mol. The minimum atomic E-state index is -1.41. The van der Waals surface area contributed by atoms with Crippen LogP contribution >= 0.6 is 11.8 Å². The van der Waals surface area contributed by atoms with Crippen LogP contribution in [0.5, 0.6) is 0 Å². The van der Waals surface area contributed by atoms with Crippen molar-refractivity contribution in [2.75, 3.05) is 10.0 Å². The van der Waals surface area contributed by atoms with Crippen LogP contribution in [0.2, 0.25) is 0 Å². The van der Waals surface area contributed by atoms with Gasteiger partial charge in [0.1, 0.15) is 5.40 Å². The first kappa shape index (κ1) is 18.0. The number of para-hydroxylation sites is 2. The molecule has 1 aliphatic heterocycles. The Bertz CT molecular complexity index is 776. The summed E-state index contributed by atoms with van der Waals surface area (Å²) in [6, 6.07) is 18.1. The van der Waals surface area contributed by atoms with Crippen LogP contribution in [0.3, 0.4) is 0 Å². The lowest BCUT2D eigenvalue weighted by Crippen LogP contribution is -2.41. The number of hydrogen-bond donors (Lipinski definition) is 0. The minimum Gasteiger partial charge on any atom is -0.270 e. The van der Waals surface area contributed by atoms with E-state index in [0.717, 1.165) is 18.2 Å². The molecule has 0 N–H and O–H groups in total. The van der Waals surface area contributed by atoms with Crippen LogP contribution in [0, 0.1) is 10.7 Å². The molecule has 0 unspecified atom stereocenters. The number of nitrogens with zero attached hydrogens (tertiary/aromatic N) is 3. The van der Waals surface area contributed by atoms with Crippen LogP contribution in [0.1, 0.15) is 26.2 Å². The maximum Gasteiger partial charge on any atom is 0.273 e. The normalized spacial score (nSPS) is 16.0. The summed E-state index contributed by atoms with van der Waals surface area (Å²) < 4.78 is -1.41. The van der Waals surface area contributed by atoms with Crippen molar-refractivity contribution >= 4 is 35.0 Å². The van der Waals surface area contributed by atoms with Gasteiger partial charge in [-0.3, -0.25) is 9.59 Å². The van der Waals surface area contributed by atoms with Crippen molar-refractivity contribution in [1.82, 2.24) is 0 Å². The molecule has 3 rings (SSSR count). The zero-order valence-corrected chi connectivity index (χ0v) is 15.3. The molecule has 0 aromatic heterocycles. The summed E-state index contributed by atoms with van der Waals surface area (Å²) in [4.78, 5) is 26.8. The molecule has 132 valence electrons. The van der Waals surface area contributed by atoms with Crippen molar-refractivity contribution in [3.05, 3.63) is 60.7 Å². The smallest absolute Gasteiger partial charge is 0.270 e. The molecule has 0 saturated carbocycles. The fourth-order valence-electron chi connectivity index (χ4n) is 3.07. The fraction of sp³-hybridized carbons (Fsp3) is 0.250. The molecule has 0 atom stereocenters. The fourth-order valence-corrected chi connectivity index (χ4v) is 3.82. The number of thiocyanates is 1. The van der Waals surface area contributed by atoms with E-state index in [0.29, 0.717) is 24.2 Å². The molecule has 1 fully saturated rings. The highest BCUT2D eigenvalue weighted by Crippen LogP contribution is 2.43. The van der Waals surface area contributed by atoms with E-state index in [9.17, 15) is 14.9 Å². The first-order valence-corrected chi connectivity index (χ1v) is 9.33. The highest BCUT2D eigenvalue weighted by atomic mass is 32.2. The second kappa shape index (κ2) is 7.63. The Morgan fingerprint density at radius 2 is 1.38 bits per heavy atom. The number of thioether (sulfide) groups is 1. The molecule has 2 amide bonds. The molecule has 5 nitrogen and oxygen atoms in total. The van der Waals surface area contributed by atoms with Gasteiger partial charge in [0.2, 0.25) is 0 Å². The summed E-state index contributed by atoms with van der Waals surface area (Å²) in [7, 11) is 0. The summed E-state index contributed by atoms with van der Waals surface area (Å²) in [5, 5.41) is 14.1. The molecule has 0 bridgehead atoms. The Kier molecular flexibility index (Phi) is 5.29. The van der Waals surface area contributed by atoms with E-state index >= 15 is 0 Å². The first-order valence-electron chi connectivity index (χ1n) is 8.52. The zero-order chi connectivity index (χ0) is 18.6. The Morgan fingerprint density at radius 1 is 0.923 bits per heavy atom. The van der Waals surface area contributed by atoms with Crippen molar-refractivity contribution in [2.45, 2.75) is 30.9 Å². The average Bonchev–Trinajstić information content (AvgIpc) is 2.90. The molecule has 0 radical (unpaired) electrons. The summed E-state index contributed by atoms with van der Waals surface area (Å²) in [6.07, 6.45) is 1.87. The largest absolute Gasteiger partial charge is 0.273 e. The van der Waals surface area contributed by atoms with Crippen molar-refractivity contribution in [2.24, 2.45) is 0 Å². The Labute approximate surface area is 157 Å². The van der Waals surface area contributed by atoms with Gasteiger partial charge in [-0.05, 0) is 42.4 Å². The summed E-state index contributed by atoms with van der Waals surface area (Å²) in [5.41, 5.74) is 1.21. The van der Waals surface area contributed by atoms with E-state index in [-0.39, 0.29) is 11.8 Å². The van der Waals surface area contributed by atoms with Crippen LogP contribution in [-0.4, -0.2) is 16.6 Å². The van der Waals surface area contributed by atoms with Gasteiger partial charge in [-0.2, -0.15) is 5.26 Å². The quantitative estimate of drug-likeness (QED) is 0.570. The zero-order valence-electron chi connectivity index (χ0n) is 14.5. The van der Waals surface area contributed by atoms with E-state index in [4.69, 9.17) is 0 Å². The lowest BCUT2D eigenvalue weighted by molar-refractivity contribution is -0.125. The van der Waals surface area contributed by atoms with E-state index in [2.05, 4.69) is 0 Å². The minimum absolute atomic E-state index is 0.339. The number of nitriles is 1. The number of anilines is 2. The van der Waals surface area contributed by atoms with Gasteiger partial charge in [-0.25, -0.2) is 10.0 Å². The standard InChI is InChI=1S/C20H19N3O2S/c1-2-3-14-20(26-15-21)18(24)22(16-10-6-4-7-11-16)23(19(20)25)17-12-8-5-9-13-17/h4-13H,2-3,14H2,1H3. The SMILES string of the molecule is CCCCC1(SC#N)C(=O)N(c2ccccc2)N(c2ccccc2)C1=O. The van der Waals surface area contributed by atoms with Gasteiger partial charge >= 0.3 is 0 Å². The molecule has 0 spiro atoms. The van der Waals surface area contributed by atoms with E-state index in [1.54, 1.807) is 24.3 Å².